The van der Waals surface area contributed by atoms with Gasteiger partial charge in [0.05, 0.1) is 16.6 Å². The van der Waals surface area contributed by atoms with Gasteiger partial charge in [-0.25, -0.2) is 17.6 Å². The topological polar surface area (TPSA) is 139 Å². The molecule has 172 valence electrons. The molecule has 1 aliphatic heterocycles. The van der Waals surface area contributed by atoms with Crippen LogP contribution in [0.5, 0.6) is 0 Å². The van der Waals surface area contributed by atoms with Crippen molar-refractivity contribution in [2.75, 3.05) is 25.4 Å². The number of primary amides is 1. The molecule has 2 rings (SSSR count). The van der Waals surface area contributed by atoms with Crippen molar-refractivity contribution in [3.8, 4) is 0 Å². The minimum atomic E-state index is -3.50. The summed E-state index contributed by atoms with van der Waals surface area (Å²) < 4.78 is 38.9. The first kappa shape index (κ1) is 24.9. The van der Waals surface area contributed by atoms with Crippen LogP contribution in [0.4, 0.5) is 9.18 Å². The molecule has 31 heavy (non-hydrogen) atoms. The summed E-state index contributed by atoms with van der Waals surface area (Å²) >= 11 is 5.84. The largest absolute Gasteiger partial charge is 0.354 e. The third-order valence-electron chi connectivity index (χ3n) is 5.04. The van der Waals surface area contributed by atoms with Crippen molar-refractivity contribution in [1.29, 1.82) is 0 Å². The van der Waals surface area contributed by atoms with Gasteiger partial charge in [0.25, 0.3) is 5.91 Å². The molecule has 0 saturated carbocycles. The summed E-state index contributed by atoms with van der Waals surface area (Å²) in [6, 6.07) is 1.90. The molecule has 0 spiro atoms. The van der Waals surface area contributed by atoms with E-state index in [0.717, 1.165) is 6.07 Å². The fraction of sp³-hybridized carbons (Fsp3) is 0.526. The van der Waals surface area contributed by atoms with E-state index >= 15 is 0 Å². The van der Waals surface area contributed by atoms with Crippen molar-refractivity contribution in [2.24, 2.45) is 11.7 Å². The Balaban J connectivity index is 2.03. The monoisotopic (exact) mass is 476 g/mol. The van der Waals surface area contributed by atoms with Crippen LogP contribution in [-0.2, 0) is 14.6 Å². The Bertz CT molecular complexity index is 957. The molecule has 1 heterocycles. The van der Waals surface area contributed by atoms with E-state index in [1.165, 1.54) is 17.0 Å². The lowest BCUT2D eigenvalue weighted by Crippen LogP contribution is -2.53. The lowest BCUT2D eigenvalue weighted by atomic mass is 10.0. The summed E-state index contributed by atoms with van der Waals surface area (Å²) in [5, 5.41) is 4.21. The quantitative estimate of drug-likeness (QED) is 0.537. The van der Waals surface area contributed by atoms with Gasteiger partial charge < -0.3 is 21.3 Å². The number of halogens is 2. The zero-order chi connectivity index (χ0) is 23.3. The lowest BCUT2D eigenvalue weighted by molar-refractivity contribution is -0.123. The van der Waals surface area contributed by atoms with Crippen LogP contribution < -0.4 is 16.4 Å². The molecule has 9 nitrogen and oxygen atoms in total. The normalized spacial score (nSPS) is 19.0. The molecule has 1 aliphatic rings. The van der Waals surface area contributed by atoms with Crippen LogP contribution in [0, 0.1) is 11.7 Å². The molecule has 4 N–H and O–H groups in total. The Morgan fingerprint density at radius 3 is 2.61 bits per heavy atom. The summed E-state index contributed by atoms with van der Waals surface area (Å²) in [5.74, 6) is -2.37. The molecular weight excluding hydrogens is 451 g/mol. The fourth-order valence-electron chi connectivity index (χ4n) is 3.30. The van der Waals surface area contributed by atoms with Crippen LogP contribution in [0.3, 0.4) is 0 Å². The Labute approximate surface area is 185 Å². The highest BCUT2D eigenvalue weighted by Gasteiger charge is 2.36. The third-order valence-corrected chi connectivity index (χ3v) is 7.42. The summed E-state index contributed by atoms with van der Waals surface area (Å²) in [6.45, 7) is 3.28. The second kappa shape index (κ2) is 10.3. The van der Waals surface area contributed by atoms with E-state index in [9.17, 15) is 27.2 Å². The number of carbonyl (C=O) groups is 3. The highest BCUT2D eigenvalue weighted by atomic mass is 35.5. The van der Waals surface area contributed by atoms with Gasteiger partial charge in [0.15, 0.2) is 9.84 Å². The van der Waals surface area contributed by atoms with Crippen LogP contribution in [0.1, 0.15) is 30.6 Å². The van der Waals surface area contributed by atoms with Gasteiger partial charge in [0, 0.05) is 24.7 Å². The van der Waals surface area contributed by atoms with E-state index in [1.807, 2.05) is 0 Å². The Kier molecular flexibility index (Phi) is 8.24. The zero-order valence-electron chi connectivity index (χ0n) is 17.2. The number of amides is 4. The first-order chi connectivity index (χ1) is 14.4. The van der Waals surface area contributed by atoms with Crippen molar-refractivity contribution in [2.45, 2.75) is 31.6 Å². The van der Waals surface area contributed by atoms with Gasteiger partial charge in [-0.1, -0.05) is 25.4 Å². The minimum absolute atomic E-state index is 0.0138. The molecule has 1 aromatic rings. The van der Waals surface area contributed by atoms with Crippen molar-refractivity contribution in [1.82, 2.24) is 15.5 Å². The Morgan fingerprint density at radius 1 is 1.32 bits per heavy atom. The molecule has 0 aliphatic carbocycles. The number of carbonyl (C=O) groups excluding carboxylic acids is 3. The van der Waals surface area contributed by atoms with Gasteiger partial charge in [0.1, 0.15) is 11.9 Å². The summed E-state index contributed by atoms with van der Waals surface area (Å²) in [5.41, 5.74) is 4.85. The maximum Gasteiger partial charge on any atom is 0.312 e. The minimum Gasteiger partial charge on any atom is -0.354 e. The Hall–Kier alpha value is -2.40. The second-order valence-electron chi connectivity index (χ2n) is 7.67. The van der Waals surface area contributed by atoms with Crippen molar-refractivity contribution < 1.29 is 27.2 Å². The average Bonchev–Trinajstić information content (AvgIpc) is 2.68. The number of hydrogen-bond acceptors (Lipinski definition) is 5. The fourth-order valence-corrected chi connectivity index (χ4v) is 5.16. The van der Waals surface area contributed by atoms with E-state index in [2.05, 4.69) is 10.6 Å². The maximum atomic E-state index is 14.0. The molecule has 0 aromatic heterocycles. The predicted octanol–water partition coefficient (Wildman–Crippen LogP) is 0.918. The second-order valence-corrected chi connectivity index (χ2v) is 10.5. The molecule has 0 radical (unpaired) electrons. The van der Waals surface area contributed by atoms with E-state index in [4.69, 9.17) is 17.3 Å². The number of nitrogens with zero attached hydrogens (tertiary/aromatic N) is 1. The SMILES string of the molecule is CC(C)[C@@H](NC(N)=O)C(=O)NCCC1CN(C(=O)c2cc(Cl)ccc2F)CCS1(=O)=O. The summed E-state index contributed by atoms with van der Waals surface area (Å²) in [4.78, 5) is 37.3. The van der Waals surface area contributed by atoms with Gasteiger partial charge in [-0.2, -0.15) is 0 Å². The van der Waals surface area contributed by atoms with E-state index in [-0.39, 0.29) is 48.3 Å². The first-order valence-electron chi connectivity index (χ1n) is 9.72. The third kappa shape index (κ3) is 6.54. The smallest absolute Gasteiger partial charge is 0.312 e. The van der Waals surface area contributed by atoms with E-state index < -0.39 is 44.8 Å². The Morgan fingerprint density at radius 2 is 2.00 bits per heavy atom. The van der Waals surface area contributed by atoms with Crippen LogP contribution >= 0.6 is 11.6 Å². The number of benzene rings is 1. The molecule has 1 fully saturated rings. The number of nitrogens with two attached hydrogens (primary N) is 1. The average molecular weight is 477 g/mol. The summed E-state index contributed by atoms with van der Waals surface area (Å²) in [6.07, 6.45) is 0.0528. The molecule has 1 aromatic carbocycles. The molecule has 2 atom stereocenters. The lowest BCUT2D eigenvalue weighted by Gasteiger charge is -2.33. The van der Waals surface area contributed by atoms with Gasteiger partial charge in [0.2, 0.25) is 5.91 Å². The number of sulfone groups is 1. The van der Waals surface area contributed by atoms with Crippen LogP contribution in [0.15, 0.2) is 18.2 Å². The first-order valence-corrected chi connectivity index (χ1v) is 11.8. The number of urea groups is 1. The molecule has 1 unspecified atom stereocenters. The molecule has 1 saturated heterocycles. The highest BCUT2D eigenvalue weighted by Crippen LogP contribution is 2.21. The van der Waals surface area contributed by atoms with Gasteiger partial charge >= 0.3 is 6.03 Å². The van der Waals surface area contributed by atoms with Gasteiger partial charge in [-0.05, 0) is 30.5 Å². The van der Waals surface area contributed by atoms with Crippen LogP contribution in [0.2, 0.25) is 5.02 Å². The predicted molar refractivity (Wildman–Crippen MR) is 114 cm³/mol. The maximum absolute atomic E-state index is 14.0. The van der Waals surface area contributed by atoms with Crippen molar-refractivity contribution >= 4 is 39.3 Å². The van der Waals surface area contributed by atoms with E-state index in [1.54, 1.807) is 13.8 Å². The summed E-state index contributed by atoms with van der Waals surface area (Å²) in [7, 11) is -3.50. The standard InChI is InChI=1S/C19H26ClFN4O5S/c1-11(2)16(24-19(22)28)17(26)23-6-5-13-10-25(7-8-31(13,29)30)18(27)14-9-12(20)3-4-15(14)21/h3-4,9,11,13,16H,5-8,10H2,1-2H3,(H,23,26)(H3,22,24,28)/t13?,16-/m1/s1. The van der Waals surface area contributed by atoms with Crippen LogP contribution in [0.25, 0.3) is 0 Å². The molecular formula is C19H26ClFN4O5S. The highest BCUT2D eigenvalue weighted by molar-refractivity contribution is 7.92. The van der Waals surface area contributed by atoms with Crippen molar-refractivity contribution in [3.05, 3.63) is 34.6 Å². The van der Waals surface area contributed by atoms with Gasteiger partial charge in [-0.3, -0.25) is 9.59 Å². The van der Waals surface area contributed by atoms with Crippen LogP contribution in [-0.4, -0.2) is 67.8 Å². The number of nitrogens with one attached hydrogen (secondary N) is 2. The zero-order valence-corrected chi connectivity index (χ0v) is 18.8. The molecule has 12 heteroatoms. The number of rotatable bonds is 7. The number of hydrogen-bond donors (Lipinski definition) is 3. The molecule has 0 bridgehead atoms. The van der Waals surface area contributed by atoms with E-state index in [0.29, 0.717) is 0 Å². The van der Waals surface area contributed by atoms with Crippen molar-refractivity contribution in [3.63, 3.8) is 0 Å². The molecule has 4 amide bonds. The van der Waals surface area contributed by atoms with Gasteiger partial charge in [-0.15, -0.1) is 0 Å².